The van der Waals surface area contributed by atoms with E-state index in [0.29, 0.717) is 23.6 Å². The normalized spacial score (nSPS) is 10.5. The Morgan fingerprint density at radius 1 is 1.17 bits per heavy atom. The molecule has 0 bridgehead atoms. The van der Waals surface area contributed by atoms with Crippen molar-refractivity contribution in [3.8, 4) is 11.5 Å². The third-order valence-electron chi connectivity index (χ3n) is 3.46. The lowest BCUT2D eigenvalue weighted by molar-refractivity contribution is 0.0949. The van der Waals surface area contributed by atoms with Crippen molar-refractivity contribution in [2.75, 3.05) is 14.2 Å². The first-order valence-corrected chi connectivity index (χ1v) is 7.13. The van der Waals surface area contributed by atoms with Gasteiger partial charge in [0.15, 0.2) is 0 Å². The number of ether oxygens (including phenoxy) is 2. The molecule has 118 valence electrons. The minimum Gasteiger partial charge on any atom is -0.497 e. The van der Waals surface area contributed by atoms with Crippen molar-refractivity contribution in [3.63, 3.8) is 0 Å². The van der Waals surface area contributed by atoms with Gasteiger partial charge in [-0.15, -0.1) is 0 Å². The van der Waals surface area contributed by atoms with E-state index in [2.05, 4.69) is 10.3 Å². The number of amides is 1. The molecule has 0 spiro atoms. The maximum absolute atomic E-state index is 12.3. The fourth-order valence-electron chi connectivity index (χ4n) is 2.28. The number of imidazole rings is 1. The summed E-state index contributed by atoms with van der Waals surface area (Å²) in [7, 11) is 3.10. The Balaban J connectivity index is 1.73. The smallest absolute Gasteiger partial charge is 0.251 e. The number of carbonyl (C=O) groups excluding carboxylic acids is 1. The van der Waals surface area contributed by atoms with Crippen molar-refractivity contribution in [3.05, 3.63) is 60.0 Å². The van der Waals surface area contributed by atoms with Crippen molar-refractivity contribution in [1.82, 2.24) is 14.7 Å². The number of nitrogens with one attached hydrogen (secondary N) is 1. The molecule has 1 N–H and O–H groups in total. The predicted octanol–water partition coefficient (Wildman–Crippen LogP) is 2.28. The number of pyridine rings is 1. The van der Waals surface area contributed by atoms with E-state index in [1.807, 2.05) is 35.0 Å². The summed E-state index contributed by atoms with van der Waals surface area (Å²) >= 11 is 0. The van der Waals surface area contributed by atoms with Crippen molar-refractivity contribution < 1.29 is 14.3 Å². The average Bonchev–Trinajstić information content (AvgIpc) is 3.02. The number of nitrogens with zero attached hydrogens (tertiary/aromatic N) is 2. The maximum Gasteiger partial charge on any atom is 0.251 e. The van der Waals surface area contributed by atoms with Gasteiger partial charge >= 0.3 is 0 Å². The van der Waals surface area contributed by atoms with Gasteiger partial charge in [-0.1, -0.05) is 6.07 Å². The summed E-state index contributed by atoms with van der Waals surface area (Å²) in [6.07, 6.45) is 3.81. The highest BCUT2D eigenvalue weighted by Crippen LogP contribution is 2.22. The van der Waals surface area contributed by atoms with Crippen molar-refractivity contribution >= 4 is 11.6 Å². The summed E-state index contributed by atoms with van der Waals surface area (Å²) < 4.78 is 12.3. The van der Waals surface area contributed by atoms with Crippen LogP contribution >= 0.6 is 0 Å². The fourth-order valence-corrected chi connectivity index (χ4v) is 2.28. The van der Waals surface area contributed by atoms with Gasteiger partial charge in [-0.05, 0) is 24.3 Å². The molecule has 6 nitrogen and oxygen atoms in total. The van der Waals surface area contributed by atoms with Crippen molar-refractivity contribution in [1.29, 1.82) is 0 Å². The largest absolute Gasteiger partial charge is 0.497 e. The van der Waals surface area contributed by atoms with E-state index < -0.39 is 0 Å². The van der Waals surface area contributed by atoms with Gasteiger partial charge in [-0.25, -0.2) is 4.98 Å². The number of rotatable bonds is 5. The minimum absolute atomic E-state index is 0.209. The number of hydrogen-bond acceptors (Lipinski definition) is 4. The van der Waals surface area contributed by atoms with Gasteiger partial charge in [-0.3, -0.25) is 4.79 Å². The fraction of sp³-hybridized carbons (Fsp3) is 0.176. The number of methoxy groups -OCH3 is 2. The zero-order valence-corrected chi connectivity index (χ0v) is 12.9. The van der Waals surface area contributed by atoms with E-state index >= 15 is 0 Å². The van der Waals surface area contributed by atoms with E-state index in [0.717, 1.165) is 11.3 Å². The van der Waals surface area contributed by atoms with E-state index in [-0.39, 0.29) is 5.91 Å². The van der Waals surface area contributed by atoms with Crippen LogP contribution in [0.5, 0.6) is 11.5 Å². The Kier molecular flexibility index (Phi) is 4.14. The van der Waals surface area contributed by atoms with Gasteiger partial charge in [-0.2, -0.15) is 0 Å². The van der Waals surface area contributed by atoms with Crippen LogP contribution in [0.3, 0.4) is 0 Å². The lowest BCUT2D eigenvalue weighted by Crippen LogP contribution is -2.23. The Hall–Kier alpha value is -3.02. The molecule has 0 unspecified atom stereocenters. The van der Waals surface area contributed by atoms with Crippen LogP contribution in [0.1, 0.15) is 16.1 Å². The Labute approximate surface area is 133 Å². The molecule has 0 radical (unpaired) electrons. The average molecular weight is 311 g/mol. The summed E-state index contributed by atoms with van der Waals surface area (Å²) in [6, 6.07) is 10.8. The Morgan fingerprint density at radius 2 is 1.91 bits per heavy atom. The van der Waals surface area contributed by atoms with Gasteiger partial charge in [0.1, 0.15) is 17.1 Å². The molecular weight excluding hydrogens is 294 g/mol. The van der Waals surface area contributed by atoms with Gasteiger partial charge in [0.25, 0.3) is 5.91 Å². The molecule has 1 amide bonds. The van der Waals surface area contributed by atoms with Gasteiger partial charge in [0, 0.05) is 24.0 Å². The molecule has 0 saturated carbocycles. The first kappa shape index (κ1) is 14.9. The first-order valence-electron chi connectivity index (χ1n) is 7.13. The maximum atomic E-state index is 12.3. The molecule has 0 aliphatic rings. The molecule has 0 saturated heterocycles. The van der Waals surface area contributed by atoms with Crippen LogP contribution in [0.25, 0.3) is 5.65 Å². The van der Waals surface area contributed by atoms with E-state index in [4.69, 9.17) is 9.47 Å². The second-order valence-electron chi connectivity index (χ2n) is 4.98. The molecule has 2 heterocycles. The van der Waals surface area contributed by atoms with Crippen molar-refractivity contribution in [2.24, 2.45) is 0 Å². The topological polar surface area (TPSA) is 64.9 Å². The van der Waals surface area contributed by atoms with Crippen LogP contribution in [0.2, 0.25) is 0 Å². The number of hydrogen-bond donors (Lipinski definition) is 1. The highest BCUT2D eigenvalue weighted by molar-refractivity contribution is 5.95. The van der Waals surface area contributed by atoms with Crippen LogP contribution in [0.15, 0.2) is 48.8 Å². The van der Waals surface area contributed by atoms with E-state index in [9.17, 15) is 4.79 Å². The van der Waals surface area contributed by atoms with E-state index in [1.54, 1.807) is 32.4 Å². The van der Waals surface area contributed by atoms with Crippen LogP contribution in [-0.4, -0.2) is 29.5 Å². The third kappa shape index (κ3) is 3.26. The summed E-state index contributed by atoms with van der Waals surface area (Å²) in [5, 5.41) is 2.85. The number of fused-ring (bicyclic) bond motifs is 1. The Bertz CT molecular complexity index is 787. The molecular formula is C17H17N3O3. The van der Waals surface area contributed by atoms with Crippen LogP contribution in [0, 0.1) is 0 Å². The monoisotopic (exact) mass is 311 g/mol. The molecule has 6 heteroatoms. The molecule has 3 aromatic rings. The second-order valence-corrected chi connectivity index (χ2v) is 4.98. The standard InChI is InChI=1S/C17H17N3O3/c1-22-14-7-12(8-15(9-14)23-2)17(21)18-10-13-11-20-6-4-3-5-16(20)19-13/h3-9,11H,10H2,1-2H3,(H,18,21). The summed E-state index contributed by atoms with van der Waals surface area (Å²) in [5.41, 5.74) is 2.11. The summed E-state index contributed by atoms with van der Waals surface area (Å²) in [5.74, 6) is 0.934. The molecule has 23 heavy (non-hydrogen) atoms. The second kappa shape index (κ2) is 6.39. The molecule has 2 aromatic heterocycles. The van der Waals surface area contributed by atoms with Crippen LogP contribution in [0.4, 0.5) is 0 Å². The lowest BCUT2D eigenvalue weighted by atomic mass is 10.2. The molecule has 0 aliphatic heterocycles. The van der Waals surface area contributed by atoms with Gasteiger partial charge in [0.05, 0.1) is 26.5 Å². The zero-order valence-electron chi connectivity index (χ0n) is 12.9. The minimum atomic E-state index is -0.209. The van der Waals surface area contributed by atoms with E-state index in [1.165, 1.54) is 0 Å². The number of carbonyl (C=O) groups is 1. The molecule has 3 rings (SSSR count). The van der Waals surface area contributed by atoms with Crippen LogP contribution < -0.4 is 14.8 Å². The van der Waals surface area contributed by atoms with Crippen molar-refractivity contribution in [2.45, 2.75) is 6.54 Å². The van der Waals surface area contributed by atoms with Gasteiger partial charge in [0.2, 0.25) is 0 Å². The molecule has 0 aliphatic carbocycles. The molecule has 0 fully saturated rings. The quantitative estimate of drug-likeness (QED) is 0.785. The molecule has 0 atom stereocenters. The first-order chi connectivity index (χ1) is 11.2. The lowest BCUT2D eigenvalue weighted by Gasteiger charge is -2.08. The highest BCUT2D eigenvalue weighted by atomic mass is 16.5. The third-order valence-corrected chi connectivity index (χ3v) is 3.46. The number of benzene rings is 1. The predicted molar refractivity (Wildman–Crippen MR) is 85.9 cm³/mol. The summed E-state index contributed by atoms with van der Waals surface area (Å²) in [6.45, 7) is 0.347. The summed E-state index contributed by atoms with van der Waals surface area (Å²) in [4.78, 5) is 16.8. The number of aromatic nitrogens is 2. The SMILES string of the molecule is COc1cc(OC)cc(C(=O)NCc2cn3ccccc3n2)c1. The Morgan fingerprint density at radius 3 is 2.57 bits per heavy atom. The van der Waals surface area contributed by atoms with Gasteiger partial charge < -0.3 is 19.2 Å². The molecule has 1 aromatic carbocycles. The highest BCUT2D eigenvalue weighted by Gasteiger charge is 2.10. The zero-order chi connectivity index (χ0) is 16.2. The van der Waals surface area contributed by atoms with Crippen LogP contribution in [-0.2, 0) is 6.54 Å².